The van der Waals surface area contributed by atoms with Crippen molar-refractivity contribution in [2.75, 3.05) is 18.1 Å². The smallest absolute Gasteiger partial charge is 0.419 e. The minimum Gasteiger partial charge on any atom is -0.492 e. The van der Waals surface area contributed by atoms with Crippen LogP contribution in [0.4, 0.5) is 13.2 Å². The average Bonchev–Trinajstić information content (AvgIpc) is 2.41. The molecule has 0 bridgehead atoms. The van der Waals surface area contributed by atoms with E-state index in [9.17, 15) is 13.2 Å². The predicted molar refractivity (Wildman–Crippen MR) is 81.9 cm³/mol. The Hall–Kier alpha value is -0.880. The van der Waals surface area contributed by atoms with Crippen molar-refractivity contribution >= 4 is 11.8 Å². The van der Waals surface area contributed by atoms with Gasteiger partial charge in [-0.1, -0.05) is 26.8 Å². The molecule has 0 heterocycles. The zero-order valence-electron chi connectivity index (χ0n) is 12.6. The molecule has 0 amide bonds. The highest BCUT2D eigenvalue weighted by atomic mass is 32.2. The third-order valence-corrected chi connectivity index (χ3v) is 3.62. The highest BCUT2D eigenvalue weighted by Gasteiger charge is 2.34. The summed E-state index contributed by atoms with van der Waals surface area (Å²) < 4.78 is 44.6. The van der Waals surface area contributed by atoms with Crippen molar-refractivity contribution in [3.8, 4) is 5.75 Å². The second-order valence-corrected chi connectivity index (χ2v) is 6.30. The molecule has 0 aromatic heterocycles. The van der Waals surface area contributed by atoms with Gasteiger partial charge in [0.2, 0.25) is 0 Å². The third-order valence-electron chi connectivity index (χ3n) is 2.75. The van der Waals surface area contributed by atoms with Crippen molar-refractivity contribution in [1.82, 2.24) is 5.32 Å². The van der Waals surface area contributed by atoms with Gasteiger partial charge >= 0.3 is 6.18 Å². The molecule has 0 unspecified atom stereocenters. The molecule has 6 heteroatoms. The van der Waals surface area contributed by atoms with Gasteiger partial charge in [0.05, 0.1) is 12.2 Å². The maximum absolute atomic E-state index is 13.1. The third kappa shape index (κ3) is 6.61. The normalized spacial score (nSPS) is 12.0. The largest absolute Gasteiger partial charge is 0.492 e. The lowest BCUT2D eigenvalue weighted by Gasteiger charge is -2.16. The lowest BCUT2D eigenvalue weighted by molar-refractivity contribution is -0.138. The van der Waals surface area contributed by atoms with Gasteiger partial charge in [0.1, 0.15) is 5.75 Å². The van der Waals surface area contributed by atoms with E-state index in [0.29, 0.717) is 17.9 Å². The van der Waals surface area contributed by atoms with E-state index < -0.39 is 11.7 Å². The molecular formula is C15H22F3NOS. The average molecular weight is 321 g/mol. The van der Waals surface area contributed by atoms with E-state index in [2.05, 4.69) is 5.32 Å². The molecule has 0 fully saturated rings. The molecule has 1 aromatic carbocycles. The summed E-state index contributed by atoms with van der Waals surface area (Å²) >= 11 is 1.64. The van der Waals surface area contributed by atoms with Gasteiger partial charge < -0.3 is 10.1 Å². The number of thioether (sulfide) groups is 1. The van der Waals surface area contributed by atoms with Crippen LogP contribution in [0.25, 0.3) is 0 Å². The first-order valence-electron chi connectivity index (χ1n) is 6.98. The molecule has 0 aliphatic heterocycles. The molecule has 0 saturated heterocycles. The Balaban J connectivity index is 2.82. The highest BCUT2D eigenvalue weighted by Crippen LogP contribution is 2.36. The number of alkyl halides is 3. The van der Waals surface area contributed by atoms with Gasteiger partial charge in [-0.2, -0.15) is 24.9 Å². The fourth-order valence-electron chi connectivity index (χ4n) is 1.71. The van der Waals surface area contributed by atoms with Crippen molar-refractivity contribution in [2.45, 2.75) is 39.5 Å². The molecule has 1 rings (SSSR count). The molecule has 0 radical (unpaired) electrons. The highest BCUT2D eigenvalue weighted by molar-refractivity contribution is 7.99. The Kier molecular flexibility index (Phi) is 7.39. The maximum Gasteiger partial charge on any atom is 0.419 e. The maximum atomic E-state index is 13.1. The summed E-state index contributed by atoms with van der Waals surface area (Å²) in [7, 11) is 0. The van der Waals surface area contributed by atoms with Crippen molar-refractivity contribution in [1.29, 1.82) is 0 Å². The summed E-state index contributed by atoms with van der Waals surface area (Å²) in [5, 5.41) is 3.11. The van der Waals surface area contributed by atoms with E-state index in [4.69, 9.17) is 4.74 Å². The standard InChI is InChI=1S/C15H22F3NOS/c1-4-21-8-7-20-14-6-5-12(10-19-11(2)3)9-13(14)15(16,17)18/h5-6,9,11,19H,4,7-8,10H2,1-3H3. The minimum absolute atomic E-state index is 0.0903. The SMILES string of the molecule is CCSCCOc1ccc(CNC(C)C)cc1C(F)(F)F. The lowest BCUT2D eigenvalue weighted by atomic mass is 10.1. The van der Waals surface area contributed by atoms with Crippen molar-refractivity contribution in [3.63, 3.8) is 0 Å². The summed E-state index contributed by atoms with van der Waals surface area (Å²) in [5.41, 5.74) is -0.0987. The molecule has 1 aromatic rings. The van der Waals surface area contributed by atoms with Crippen LogP contribution in [-0.2, 0) is 12.7 Å². The summed E-state index contributed by atoms with van der Waals surface area (Å²) in [5.74, 6) is 1.52. The Morgan fingerprint density at radius 3 is 2.57 bits per heavy atom. The predicted octanol–water partition coefficient (Wildman–Crippen LogP) is 4.34. The first kappa shape index (κ1) is 18.2. The summed E-state index contributed by atoms with van der Waals surface area (Å²) in [6, 6.07) is 4.47. The van der Waals surface area contributed by atoms with Crippen molar-refractivity contribution in [2.24, 2.45) is 0 Å². The Labute approximate surface area is 128 Å². The van der Waals surface area contributed by atoms with E-state index in [1.165, 1.54) is 6.07 Å². The molecule has 21 heavy (non-hydrogen) atoms. The van der Waals surface area contributed by atoms with Gasteiger partial charge in [-0.15, -0.1) is 0 Å². The van der Waals surface area contributed by atoms with E-state index >= 15 is 0 Å². The molecule has 0 atom stereocenters. The number of rotatable bonds is 8. The molecular weight excluding hydrogens is 299 g/mol. The minimum atomic E-state index is -4.40. The van der Waals surface area contributed by atoms with Crippen LogP contribution >= 0.6 is 11.8 Å². The van der Waals surface area contributed by atoms with Crippen LogP contribution in [0.2, 0.25) is 0 Å². The number of benzene rings is 1. The molecule has 2 nitrogen and oxygen atoms in total. The van der Waals surface area contributed by atoms with Gasteiger partial charge in [-0.3, -0.25) is 0 Å². The number of hydrogen-bond donors (Lipinski definition) is 1. The van der Waals surface area contributed by atoms with E-state index in [-0.39, 0.29) is 18.4 Å². The molecule has 0 spiro atoms. The summed E-state index contributed by atoms with van der Waals surface area (Å²) in [6.45, 7) is 6.60. The summed E-state index contributed by atoms with van der Waals surface area (Å²) in [4.78, 5) is 0. The van der Waals surface area contributed by atoms with Gasteiger partial charge in [0, 0.05) is 18.3 Å². The monoisotopic (exact) mass is 321 g/mol. The van der Waals surface area contributed by atoms with E-state index in [1.807, 2.05) is 20.8 Å². The molecule has 0 aliphatic rings. The fourth-order valence-corrected chi connectivity index (χ4v) is 2.20. The first-order valence-corrected chi connectivity index (χ1v) is 8.14. The van der Waals surface area contributed by atoms with Crippen LogP contribution in [0.5, 0.6) is 5.75 Å². The van der Waals surface area contributed by atoms with Crippen molar-refractivity contribution < 1.29 is 17.9 Å². The van der Waals surface area contributed by atoms with Gasteiger partial charge in [0.25, 0.3) is 0 Å². The van der Waals surface area contributed by atoms with Gasteiger partial charge in [-0.05, 0) is 23.4 Å². The Morgan fingerprint density at radius 2 is 2.00 bits per heavy atom. The molecule has 1 N–H and O–H groups in total. The van der Waals surface area contributed by atoms with Gasteiger partial charge in [-0.25, -0.2) is 0 Å². The van der Waals surface area contributed by atoms with E-state index in [1.54, 1.807) is 17.8 Å². The Bertz CT molecular complexity index is 435. The first-order chi connectivity index (χ1) is 9.84. The fraction of sp³-hybridized carbons (Fsp3) is 0.600. The van der Waals surface area contributed by atoms with Crippen LogP contribution in [0.3, 0.4) is 0 Å². The zero-order valence-corrected chi connectivity index (χ0v) is 13.4. The van der Waals surface area contributed by atoms with Crippen LogP contribution in [0.1, 0.15) is 31.9 Å². The topological polar surface area (TPSA) is 21.3 Å². The Morgan fingerprint density at radius 1 is 1.29 bits per heavy atom. The second-order valence-electron chi connectivity index (χ2n) is 4.91. The van der Waals surface area contributed by atoms with Crippen LogP contribution < -0.4 is 10.1 Å². The number of halogens is 3. The number of ether oxygens (including phenoxy) is 1. The summed E-state index contributed by atoms with van der Waals surface area (Å²) in [6.07, 6.45) is -4.40. The van der Waals surface area contributed by atoms with Crippen LogP contribution in [-0.4, -0.2) is 24.2 Å². The lowest BCUT2D eigenvalue weighted by Crippen LogP contribution is -2.22. The zero-order chi connectivity index (χ0) is 15.9. The molecule has 0 aliphatic carbocycles. The van der Waals surface area contributed by atoms with Crippen LogP contribution in [0, 0.1) is 0 Å². The van der Waals surface area contributed by atoms with Crippen molar-refractivity contribution in [3.05, 3.63) is 29.3 Å². The molecule has 0 saturated carbocycles. The van der Waals surface area contributed by atoms with E-state index in [0.717, 1.165) is 11.8 Å². The second kappa shape index (κ2) is 8.54. The van der Waals surface area contributed by atoms with Gasteiger partial charge in [0.15, 0.2) is 0 Å². The number of hydrogen-bond acceptors (Lipinski definition) is 3. The quantitative estimate of drug-likeness (QED) is 0.720. The molecule has 120 valence electrons. The number of nitrogens with one attached hydrogen (secondary N) is 1. The van der Waals surface area contributed by atoms with Crippen LogP contribution in [0.15, 0.2) is 18.2 Å².